The first-order valence-corrected chi connectivity index (χ1v) is 4.21. The first-order valence-electron chi connectivity index (χ1n) is 4.21. The SMILES string of the molecule is CC(CON)c1ccc([N+](=O)[O-])cc1. The average Bonchev–Trinajstić information content (AvgIpc) is 2.18. The number of hydrogen-bond acceptors (Lipinski definition) is 4. The summed E-state index contributed by atoms with van der Waals surface area (Å²) >= 11 is 0. The van der Waals surface area contributed by atoms with Gasteiger partial charge >= 0.3 is 0 Å². The molecule has 1 rings (SSSR count). The van der Waals surface area contributed by atoms with Crippen LogP contribution in [0.2, 0.25) is 0 Å². The molecule has 1 aromatic rings. The number of nitrogens with zero attached hydrogens (tertiary/aromatic N) is 1. The smallest absolute Gasteiger partial charge is 0.269 e. The van der Waals surface area contributed by atoms with Crippen LogP contribution >= 0.6 is 0 Å². The maximum Gasteiger partial charge on any atom is 0.269 e. The second-order valence-electron chi connectivity index (χ2n) is 3.08. The summed E-state index contributed by atoms with van der Waals surface area (Å²) in [6, 6.07) is 6.37. The topological polar surface area (TPSA) is 78.4 Å². The van der Waals surface area contributed by atoms with Gasteiger partial charge in [-0.3, -0.25) is 10.1 Å². The molecule has 0 heterocycles. The van der Waals surface area contributed by atoms with Crippen molar-refractivity contribution in [2.24, 2.45) is 5.90 Å². The second-order valence-corrected chi connectivity index (χ2v) is 3.08. The van der Waals surface area contributed by atoms with Gasteiger partial charge in [0.25, 0.3) is 5.69 Å². The number of nitrogens with two attached hydrogens (primary N) is 1. The average molecular weight is 196 g/mol. The lowest BCUT2D eigenvalue weighted by atomic mass is 10.0. The minimum absolute atomic E-state index is 0.0922. The Labute approximate surface area is 81.6 Å². The molecule has 0 amide bonds. The molecular formula is C9H12N2O3. The van der Waals surface area contributed by atoms with Gasteiger partial charge in [-0.15, -0.1) is 0 Å². The third kappa shape index (κ3) is 2.51. The molecule has 0 saturated heterocycles. The van der Waals surface area contributed by atoms with E-state index in [0.717, 1.165) is 5.56 Å². The summed E-state index contributed by atoms with van der Waals surface area (Å²) in [5.41, 5.74) is 1.07. The van der Waals surface area contributed by atoms with Gasteiger partial charge in [0.1, 0.15) is 0 Å². The van der Waals surface area contributed by atoms with Crippen LogP contribution in [0, 0.1) is 10.1 Å². The molecule has 2 N–H and O–H groups in total. The molecule has 1 unspecified atom stereocenters. The minimum Gasteiger partial charge on any atom is -0.304 e. The van der Waals surface area contributed by atoms with E-state index in [2.05, 4.69) is 4.84 Å². The van der Waals surface area contributed by atoms with Crippen molar-refractivity contribution >= 4 is 5.69 Å². The molecule has 0 aliphatic rings. The molecule has 76 valence electrons. The van der Waals surface area contributed by atoms with Gasteiger partial charge in [-0.1, -0.05) is 19.1 Å². The van der Waals surface area contributed by atoms with Crippen molar-refractivity contribution in [2.75, 3.05) is 6.61 Å². The molecule has 0 saturated carbocycles. The molecule has 5 heteroatoms. The van der Waals surface area contributed by atoms with Gasteiger partial charge in [0, 0.05) is 18.1 Å². The van der Waals surface area contributed by atoms with Crippen molar-refractivity contribution in [3.63, 3.8) is 0 Å². The van der Waals surface area contributed by atoms with Gasteiger partial charge in [0.05, 0.1) is 11.5 Å². The lowest BCUT2D eigenvalue weighted by Crippen LogP contribution is -2.08. The fraction of sp³-hybridized carbons (Fsp3) is 0.333. The number of benzene rings is 1. The summed E-state index contributed by atoms with van der Waals surface area (Å²) in [6.45, 7) is 2.34. The number of rotatable bonds is 4. The highest BCUT2D eigenvalue weighted by Crippen LogP contribution is 2.18. The van der Waals surface area contributed by atoms with Crippen LogP contribution in [0.3, 0.4) is 0 Å². The first kappa shape index (κ1) is 10.6. The molecule has 0 radical (unpaired) electrons. The molecule has 14 heavy (non-hydrogen) atoms. The largest absolute Gasteiger partial charge is 0.304 e. The van der Waals surface area contributed by atoms with Crippen molar-refractivity contribution in [3.05, 3.63) is 39.9 Å². The lowest BCUT2D eigenvalue weighted by molar-refractivity contribution is -0.384. The van der Waals surface area contributed by atoms with Crippen LogP contribution in [-0.2, 0) is 4.84 Å². The van der Waals surface area contributed by atoms with Gasteiger partial charge in [-0.2, -0.15) is 0 Å². The third-order valence-electron chi connectivity index (χ3n) is 2.02. The van der Waals surface area contributed by atoms with Crippen LogP contribution in [-0.4, -0.2) is 11.5 Å². The van der Waals surface area contributed by atoms with Crippen LogP contribution < -0.4 is 5.90 Å². The summed E-state index contributed by atoms with van der Waals surface area (Å²) in [5, 5.41) is 10.4. The Morgan fingerprint density at radius 1 is 1.50 bits per heavy atom. The van der Waals surface area contributed by atoms with E-state index in [4.69, 9.17) is 5.90 Å². The molecule has 1 aromatic carbocycles. The maximum absolute atomic E-state index is 10.4. The zero-order chi connectivity index (χ0) is 10.6. The Hall–Kier alpha value is -1.46. The Bertz CT molecular complexity index is 310. The zero-order valence-electron chi connectivity index (χ0n) is 7.84. The van der Waals surface area contributed by atoms with Crippen LogP contribution in [0.4, 0.5) is 5.69 Å². The fourth-order valence-corrected chi connectivity index (χ4v) is 1.17. The van der Waals surface area contributed by atoms with E-state index in [1.807, 2.05) is 6.92 Å². The predicted molar refractivity (Wildman–Crippen MR) is 51.7 cm³/mol. The third-order valence-corrected chi connectivity index (χ3v) is 2.02. The number of non-ortho nitro benzene ring substituents is 1. The highest BCUT2D eigenvalue weighted by atomic mass is 16.6. The Balaban J connectivity index is 2.77. The molecule has 5 nitrogen and oxygen atoms in total. The number of nitro benzene ring substituents is 1. The van der Waals surface area contributed by atoms with Gasteiger partial charge in [-0.05, 0) is 5.56 Å². The molecule has 0 aliphatic heterocycles. The van der Waals surface area contributed by atoms with E-state index in [9.17, 15) is 10.1 Å². The summed E-state index contributed by atoms with van der Waals surface area (Å²) in [5.74, 6) is 5.08. The van der Waals surface area contributed by atoms with Gasteiger partial charge in [0.2, 0.25) is 0 Å². The lowest BCUT2D eigenvalue weighted by Gasteiger charge is -2.08. The van der Waals surface area contributed by atoms with Crippen molar-refractivity contribution < 1.29 is 9.76 Å². The molecule has 0 fully saturated rings. The predicted octanol–water partition coefficient (Wildman–Crippen LogP) is 1.59. The molecular weight excluding hydrogens is 184 g/mol. The Morgan fingerprint density at radius 2 is 2.07 bits per heavy atom. The quantitative estimate of drug-likeness (QED) is 0.585. The highest BCUT2D eigenvalue weighted by molar-refractivity contribution is 5.34. The van der Waals surface area contributed by atoms with Crippen molar-refractivity contribution in [1.82, 2.24) is 0 Å². The van der Waals surface area contributed by atoms with E-state index >= 15 is 0 Å². The Morgan fingerprint density at radius 3 is 2.50 bits per heavy atom. The number of hydrogen-bond donors (Lipinski definition) is 1. The van der Waals surface area contributed by atoms with E-state index < -0.39 is 4.92 Å². The van der Waals surface area contributed by atoms with Crippen LogP contribution in [0.1, 0.15) is 18.4 Å². The normalized spacial score (nSPS) is 12.4. The zero-order valence-corrected chi connectivity index (χ0v) is 7.84. The summed E-state index contributed by atoms with van der Waals surface area (Å²) in [6.07, 6.45) is 0. The standard InChI is InChI=1S/C9H12N2O3/c1-7(6-14-10)8-2-4-9(5-3-8)11(12)13/h2-5,7H,6,10H2,1H3. The summed E-state index contributed by atoms with van der Waals surface area (Å²) in [4.78, 5) is 14.4. The van der Waals surface area contributed by atoms with Crippen molar-refractivity contribution in [2.45, 2.75) is 12.8 Å². The van der Waals surface area contributed by atoms with Crippen LogP contribution in [0.15, 0.2) is 24.3 Å². The van der Waals surface area contributed by atoms with E-state index in [0.29, 0.717) is 6.61 Å². The first-order chi connectivity index (χ1) is 6.65. The van der Waals surface area contributed by atoms with Crippen molar-refractivity contribution in [1.29, 1.82) is 0 Å². The molecule has 1 atom stereocenters. The van der Waals surface area contributed by atoms with Gasteiger partial charge in [0.15, 0.2) is 0 Å². The monoisotopic (exact) mass is 196 g/mol. The van der Waals surface area contributed by atoms with Gasteiger partial charge in [-0.25, -0.2) is 5.90 Å². The van der Waals surface area contributed by atoms with Crippen molar-refractivity contribution in [3.8, 4) is 0 Å². The molecule has 0 spiro atoms. The number of nitro groups is 1. The molecule has 0 aromatic heterocycles. The second kappa shape index (κ2) is 4.69. The van der Waals surface area contributed by atoms with Crippen LogP contribution in [0.25, 0.3) is 0 Å². The van der Waals surface area contributed by atoms with E-state index in [1.54, 1.807) is 12.1 Å². The summed E-state index contributed by atoms with van der Waals surface area (Å²) in [7, 11) is 0. The Kier molecular flexibility index (Phi) is 3.55. The molecule has 0 aliphatic carbocycles. The van der Waals surface area contributed by atoms with Gasteiger partial charge < -0.3 is 4.84 Å². The maximum atomic E-state index is 10.4. The summed E-state index contributed by atoms with van der Waals surface area (Å²) < 4.78 is 0. The minimum atomic E-state index is -0.423. The molecule has 0 bridgehead atoms. The van der Waals surface area contributed by atoms with E-state index in [1.165, 1.54) is 12.1 Å². The van der Waals surface area contributed by atoms with Crippen LogP contribution in [0.5, 0.6) is 0 Å². The van der Waals surface area contributed by atoms with E-state index in [-0.39, 0.29) is 11.6 Å². The highest BCUT2D eigenvalue weighted by Gasteiger charge is 2.08. The fourth-order valence-electron chi connectivity index (χ4n) is 1.17.